The van der Waals surface area contributed by atoms with Crippen LogP contribution in [0.5, 0.6) is 0 Å². The number of carboxylic acid groups (broad SMARTS) is 1. The number of carbonyl (C=O) groups is 4. The zero-order valence-electron chi connectivity index (χ0n) is 12.3. The Morgan fingerprint density at radius 1 is 1.39 bits per heavy atom. The SMILES string of the molecule is C[C@H](NC(=O)C12CI1C=CN2)C(=O)NC(CC(=O)O)C(=O)CF. The predicted octanol–water partition coefficient (Wildman–Crippen LogP) is -0.720. The Balaban J connectivity index is 1.89. The van der Waals surface area contributed by atoms with Gasteiger partial charge >= 0.3 is 138 Å². The van der Waals surface area contributed by atoms with Crippen LogP contribution in [0.3, 0.4) is 0 Å². The average molecular weight is 441 g/mol. The summed E-state index contributed by atoms with van der Waals surface area (Å²) in [5, 5.41) is 16.4. The number of ketones is 1. The third-order valence-electron chi connectivity index (χ3n) is 3.51. The van der Waals surface area contributed by atoms with Gasteiger partial charge in [-0.3, -0.25) is 0 Å². The van der Waals surface area contributed by atoms with Crippen LogP contribution >= 0.6 is 19.8 Å². The van der Waals surface area contributed by atoms with Crippen molar-refractivity contribution in [2.24, 2.45) is 0 Å². The Labute approximate surface area is 138 Å². The molecule has 0 radical (unpaired) electrons. The normalized spacial score (nSPS) is 24.9. The second kappa shape index (κ2) is 6.81. The number of hydrogen-bond acceptors (Lipinski definition) is 5. The van der Waals surface area contributed by atoms with Gasteiger partial charge in [0.2, 0.25) is 0 Å². The summed E-state index contributed by atoms with van der Waals surface area (Å²) >= 11 is -1.43. The fourth-order valence-electron chi connectivity index (χ4n) is 2.10. The molecule has 1 saturated heterocycles. The number of halogens is 2. The number of alkyl halides is 3. The standard InChI is InChI=1S/C13H17FIN3O5/c1-7(17-12(23)13-6-15(13)2-3-16-13)11(22)18-8(4-10(20)21)9(19)5-14/h2-3,7-8,16H,4-6H2,1H3,(H,17,23)(H,18,22)(H,20,21)/t7-,8?,13?/m0/s1. The number of nitrogens with one attached hydrogen (secondary N) is 3. The van der Waals surface area contributed by atoms with Crippen molar-refractivity contribution in [2.45, 2.75) is 29.0 Å². The van der Waals surface area contributed by atoms with E-state index >= 15 is 0 Å². The van der Waals surface area contributed by atoms with Gasteiger partial charge in [0, 0.05) is 0 Å². The number of rotatable bonds is 8. The molecule has 4 N–H and O–H groups in total. The van der Waals surface area contributed by atoms with Crippen LogP contribution in [0.1, 0.15) is 13.3 Å². The van der Waals surface area contributed by atoms with Crippen molar-refractivity contribution in [2.75, 3.05) is 11.1 Å². The summed E-state index contributed by atoms with van der Waals surface area (Å²) in [5.74, 6) is -3.35. The van der Waals surface area contributed by atoms with Gasteiger partial charge < -0.3 is 0 Å². The molecular weight excluding hydrogens is 424 g/mol. The Morgan fingerprint density at radius 2 is 2.09 bits per heavy atom. The molecule has 2 unspecified atom stereocenters. The van der Waals surface area contributed by atoms with Crippen molar-refractivity contribution in [3.8, 4) is 0 Å². The maximum absolute atomic E-state index is 12.4. The van der Waals surface area contributed by atoms with Gasteiger partial charge in [-0.15, -0.1) is 0 Å². The Kier molecular flexibility index (Phi) is 5.22. The summed E-state index contributed by atoms with van der Waals surface area (Å²) in [6.45, 7) is 0.0522. The number of Topliss-reactive ketones (excluding diaryl/α,β-unsaturated/α-hetero) is 1. The molecule has 0 bridgehead atoms. The summed E-state index contributed by atoms with van der Waals surface area (Å²) in [4.78, 5) is 46.2. The quantitative estimate of drug-likeness (QED) is 0.224. The molecule has 0 aromatic heterocycles. The van der Waals surface area contributed by atoms with Crippen molar-refractivity contribution in [1.29, 1.82) is 0 Å². The molecule has 0 saturated carbocycles. The van der Waals surface area contributed by atoms with E-state index in [9.17, 15) is 23.6 Å². The summed E-state index contributed by atoms with van der Waals surface area (Å²) in [5.41, 5.74) is 0. The first-order valence-electron chi connectivity index (χ1n) is 6.80. The van der Waals surface area contributed by atoms with Crippen molar-refractivity contribution in [1.82, 2.24) is 16.0 Å². The summed E-state index contributed by atoms with van der Waals surface area (Å²) in [6.07, 6.45) is 1.04. The van der Waals surface area contributed by atoms with Gasteiger partial charge in [0.25, 0.3) is 0 Å². The monoisotopic (exact) mass is 441 g/mol. The van der Waals surface area contributed by atoms with Crippen molar-refractivity contribution >= 4 is 43.4 Å². The minimum absolute atomic E-state index is 0.276. The number of hydrogen-bond donors (Lipinski definition) is 4. The average Bonchev–Trinajstić information content (AvgIpc) is 3.06. The molecule has 0 aromatic carbocycles. The molecule has 0 aliphatic carbocycles. The van der Waals surface area contributed by atoms with Gasteiger partial charge in [-0.2, -0.15) is 0 Å². The molecule has 10 heteroatoms. The summed E-state index contributed by atoms with van der Waals surface area (Å²) < 4.78 is 14.7. The van der Waals surface area contributed by atoms with Crippen molar-refractivity contribution < 1.29 is 28.7 Å². The zero-order chi connectivity index (χ0) is 17.2. The van der Waals surface area contributed by atoms with Crippen molar-refractivity contribution in [3.63, 3.8) is 0 Å². The van der Waals surface area contributed by atoms with Gasteiger partial charge in [0.1, 0.15) is 0 Å². The van der Waals surface area contributed by atoms with Crippen molar-refractivity contribution in [3.05, 3.63) is 10.3 Å². The van der Waals surface area contributed by atoms with Gasteiger partial charge in [-0.25, -0.2) is 0 Å². The first kappa shape index (κ1) is 17.6. The predicted molar refractivity (Wildman–Crippen MR) is 86.7 cm³/mol. The molecule has 8 nitrogen and oxygen atoms in total. The number of carbonyl (C=O) groups excluding carboxylic acids is 3. The van der Waals surface area contributed by atoms with Crippen LogP contribution in [0.25, 0.3) is 0 Å². The van der Waals surface area contributed by atoms with E-state index in [0.717, 1.165) is 4.43 Å². The van der Waals surface area contributed by atoms with E-state index in [0.29, 0.717) is 0 Å². The molecule has 23 heavy (non-hydrogen) atoms. The van der Waals surface area contributed by atoms with E-state index in [1.807, 2.05) is 4.08 Å². The zero-order valence-corrected chi connectivity index (χ0v) is 14.4. The van der Waals surface area contributed by atoms with Gasteiger partial charge in [0.05, 0.1) is 0 Å². The van der Waals surface area contributed by atoms with Crippen LogP contribution in [0.15, 0.2) is 10.3 Å². The van der Waals surface area contributed by atoms with Crippen LogP contribution in [-0.2, 0) is 19.2 Å². The molecule has 2 amide bonds. The number of carboxylic acids is 1. The fourth-order valence-corrected chi connectivity index (χ4v) is 7.61. The first-order chi connectivity index (χ1) is 10.8. The minimum atomic E-state index is -1.45. The fraction of sp³-hybridized carbons (Fsp3) is 0.538. The summed E-state index contributed by atoms with van der Waals surface area (Å²) in [6, 6.07) is -2.40. The molecule has 0 aromatic rings. The molecule has 1 fully saturated rings. The molecule has 2 aliphatic heterocycles. The van der Waals surface area contributed by atoms with Crippen LogP contribution in [0.4, 0.5) is 4.39 Å². The maximum atomic E-state index is 12.4. The van der Waals surface area contributed by atoms with E-state index in [1.54, 1.807) is 6.20 Å². The van der Waals surface area contributed by atoms with E-state index in [1.165, 1.54) is 6.92 Å². The molecular formula is C13H17FIN3O5. The van der Waals surface area contributed by atoms with E-state index < -0.39 is 66.2 Å². The van der Waals surface area contributed by atoms with Crippen LogP contribution in [-0.4, -0.2) is 55.4 Å². The van der Waals surface area contributed by atoms with E-state index in [-0.39, 0.29) is 5.91 Å². The van der Waals surface area contributed by atoms with Crippen LogP contribution in [0, 0.1) is 0 Å². The molecule has 2 aliphatic rings. The Bertz CT molecular complexity index is 584. The Hall–Kier alpha value is -1.72. The van der Waals surface area contributed by atoms with Gasteiger partial charge in [-0.05, 0) is 0 Å². The van der Waals surface area contributed by atoms with Gasteiger partial charge in [-0.1, -0.05) is 0 Å². The molecule has 0 spiro atoms. The second-order valence-electron chi connectivity index (χ2n) is 5.22. The third-order valence-corrected chi connectivity index (χ3v) is 9.33. The number of amides is 2. The molecule has 2 heterocycles. The first-order valence-corrected chi connectivity index (χ1v) is 10.7. The summed E-state index contributed by atoms with van der Waals surface area (Å²) in [7, 11) is 0. The topological polar surface area (TPSA) is 125 Å². The molecule has 2 rings (SSSR count). The second-order valence-corrected chi connectivity index (χ2v) is 10.8. The van der Waals surface area contributed by atoms with E-state index in [2.05, 4.69) is 16.0 Å². The van der Waals surface area contributed by atoms with E-state index in [4.69, 9.17) is 5.11 Å². The molecule has 128 valence electrons. The molecule has 3 atom stereocenters. The third kappa shape index (κ3) is 3.79. The number of aliphatic carboxylic acids is 1. The number of fused-ring (bicyclic) bond motifs is 1. The van der Waals surface area contributed by atoms with Crippen LogP contribution < -0.4 is 16.0 Å². The van der Waals surface area contributed by atoms with Gasteiger partial charge in [0.15, 0.2) is 0 Å². The van der Waals surface area contributed by atoms with Crippen LogP contribution in [0.2, 0.25) is 0 Å². The Morgan fingerprint density at radius 3 is 2.57 bits per heavy atom.